The molecule has 1 heterocycles. The third-order valence-electron chi connectivity index (χ3n) is 1.94. The molecule has 0 aromatic rings. The summed E-state index contributed by atoms with van der Waals surface area (Å²) in [6.07, 6.45) is -0.491. The fourth-order valence-corrected chi connectivity index (χ4v) is 1.09. The highest BCUT2D eigenvalue weighted by Crippen LogP contribution is 2.37. The molecule has 1 atom stereocenters. The molecule has 1 rings (SSSR count). The van der Waals surface area contributed by atoms with E-state index in [4.69, 9.17) is 4.74 Å². The summed E-state index contributed by atoms with van der Waals surface area (Å²) < 4.78 is 29.8. The SMILES string of the molecule is CC(=O)C1(C)CC(F)(F)CO1. The lowest BCUT2D eigenvalue weighted by atomic mass is 9.97. The second-order valence-corrected chi connectivity index (χ2v) is 3.11. The van der Waals surface area contributed by atoms with Crippen LogP contribution in [-0.4, -0.2) is 23.9 Å². The van der Waals surface area contributed by atoms with Crippen LogP contribution < -0.4 is 0 Å². The fourth-order valence-electron chi connectivity index (χ4n) is 1.09. The Labute approximate surface area is 63.5 Å². The van der Waals surface area contributed by atoms with Gasteiger partial charge in [0.15, 0.2) is 5.78 Å². The van der Waals surface area contributed by atoms with Crippen molar-refractivity contribution in [2.24, 2.45) is 0 Å². The molecule has 0 N–H and O–H groups in total. The van der Waals surface area contributed by atoms with Crippen LogP contribution in [0.5, 0.6) is 0 Å². The number of carbonyl (C=O) groups excluding carboxylic acids is 1. The fraction of sp³-hybridized carbons (Fsp3) is 0.857. The second kappa shape index (κ2) is 2.24. The van der Waals surface area contributed by atoms with E-state index in [0.717, 1.165) is 0 Å². The van der Waals surface area contributed by atoms with Gasteiger partial charge in [0.05, 0.1) is 0 Å². The van der Waals surface area contributed by atoms with Gasteiger partial charge in [-0.25, -0.2) is 8.78 Å². The molecule has 1 saturated heterocycles. The molecular weight excluding hydrogens is 154 g/mol. The average Bonchev–Trinajstić information content (AvgIpc) is 2.08. The van der Waals surface area contributed by atoms with Gasteiger partial charge < -0.3 is 4.74 Å². The van der Waals surface area contributed by atoms with Crippen molar-refractivity contribution in [2.75, 3.05) is 6.61 Å². The largest absolute Gasteiger partial charge is 0.361 e. The third kappa shape index (κ3) is 1.56. The number of hydrogen-bond acceptors (Lipinski definition) is 2. The number of alkyl halides is 2. The molecule has 1 unspecified atom stereocenters. The van der Waals surface area contributed by atoms with Crippen LogP contribution in [0.4, 0.5) is 8.78 Å². The van der Waals surface area contributed by atoms with Crippen molar-refractivity contribution in [3.63, 3.8) is 0 Å². The number of halogens is 2. The Morgan fingerprint density at radius 3 is 2.27 bits per heavy atom. The Kier molecular flexibility index (Phi) is 1.75. The molecule has 0 aromatic carbocycles. The molecule has 2 nitrogen and oxygen atoms in total. The van der Waals surface area contributed by atoms with Crippen LogP contribution >= 0.6 is 0 Å². The van der Waals surface area contributed by atoms with E-state index in [1.54, 1.807) is 0 Å². The highest BCUT2D eigenvalue weighted by Gasteiger charge is 2.50. The maximum Gasteiger partial charge on any atom is 0.274 e. The van der Waals surface area contributed by atoms with Gasteiger partial charge in [0.1, 0.15) is 12.2 Å². The first-order valence-electron chi connectivity index (χ1n) is 3.39. The van der Waals surface area contributed by atoms with Crippen LogP contribution in [0, 0.1) is 0 Å². The quantitative estimate of drug-likeness (QED) is 0.585. The molecule has 0 spiro atoms. The first kappa shape index (κ1) is 8.59. The van der Waals surface area contributed by atoms with Gasteiger partial charge in [-0.05, 0) is 13.8 Å². The van der Waals surface area contributed by atoms with Crippen molar-refractivity contribution < 1.29 is 18.3 Å². The zero-order valence-corrected chi connectivity index (χ0v) is 6.49. The summed E-state index contributed by atoms with van der Waals surface area (Å²) in [7, 11) is 0. The molecule has 64 valence electrons. The summed E-state index contributed by atoms with van der Waals surface area (Å²) in [5, 5.41) is 0. The Hall–Kier alpha value is -0.510. The Bertz CT molecular complexity index is 191. The van der Waals surface area contributed by atoms with Crippen molar-refractivity contribution in [3.05, 3.63) is 0 Å². The lowest BCUT2D eigenvalue weighted by molar-refractivity contribution is -0.134. The smallest absolute Gasteiger partial charge is 0.274 e. The minimum absolute atomic E-state index is 0.338. The highest BCUT2D eigenvalue weighted by molar-refractivity contribution is 5.84. The molecule has 0 aromatic heterocycles. The maximum atomic E-state index is 12.5. The van der Waals surface area contributed by atoms with E-state index in [2.05, 4.69) is 0 Å². The van der Waals surface area contributed by atoms with E-state index in [1.165, 1.54) is 13.8 Å². The number of hydrogen-bond donors (Lipinski definition) is 0. The van der Waals surface area contributed by atoms with E-state index < -0.39 is 24.6 Å². The topological polar surface area (TPSA) is 26.3 Å². The summed E-state index contributed by atoms with van der Waals surface area (Å²) in [6.45, 7) is 2.03. The van der Waals surface area contributed by atoms with E-state index >= 15 is 0 Å². The van der Waals surface area contributed by atoms with Gasteiger partial charge in [-0.3, -0.25) is 4.79 Å². The Balaban J connectivity index is 2.73. The highest BCUT2D eigenvalue weighted by atomic mass is 19.3. The lowest BCUT2D eigenvalue weighted by Gasteiger charge is -2.17. The van der Waals surface area contributed by atoms with Crippen LogP contribution in [0.2, 0.25) is 0 Å². The normalized spacial score (nSPS) is 35.6. The zero-order valence-electron chi connectivity index (χ0n) is 6.49. The van der Waals surface area contributed by atoms with Crippen molar-refractivity contribution in [1.29, 1.82) is 0 Å². The van der Waals surface area contributed by atoms with Crippen molar-refractivity contribution >= 4 is 5.78 Å². The molecule has 0 saturated carbocycles. The number of rotatable bonds is 1. The number of ketones is 1. The third-order valence-corrected chi connectivity index (χ3v) is 1.94. The summed E-state index contributed by atoms with van der Waals surface area (Å²) in [4.78, 5) is 10.8. The predicted molar refractivity (Wildman–Crippen MR) is 34.6 cm³/mol. The minimum Gasteiger partial charge on any atom is -0.361 e. The lowest BCUT2D eigenvalue weighted by Crippen LogP contribution is -2.33. The Morgan fingerprint density at radius 1 is 1.55 bits per heavy atom. The molecule has 1 aliphatic rings. The minimum atomic E-state index is -2.83. The van der Waals surface area contributed by atoms with Gasteiger partial charge >= 0.3 is 0 Å². The van der Waals surface area contributed by atoms with Crippen LogP contribution in [-0.2, 0) is 9.53 Å². The summed E-state index contributed by atoms with van der Waals surface area (Å²) in [6, 6.07) is 0. The standard InChI is InChI=1S/C7H10F2O2/c1-5(10)6(2)3-7(8,9)4-11-6/h3-4H2,1-2H3. The van der Waals surface area contributed by atoms with Gasteiger partial charge in [0.2, 0.25) is 0 Å². The predicted octanol–water partition coefficient (Wildman–Crippen LogP) is 1.39. The van der Waals surface area contributed by atoms with Gasteiger partial charge in [0.25, 0.3) is 5.92 Å². The summed E-state index contributed by atoms with van der Waals surface area (Å²) >= 11 is 0. The Morgan fingerprint density at radius 2 is 2.09 bits per heavy atom. The first-order valence-corrected chi connectivity index (χ1v) is 3.39. The van der Waals surface area contributed by atoms with Crippen molar-refractivity contribution in [3.8, 4) is 0 Å². The molecule has 11 heavy (non-hydrogen) atoms. The number of ether oxygens (including phenoxy) is 1. The first-order chi connectivity index (χ1) is 4.86. The van der Waals surface area contributed by atoms with Crippen molar-refractivity contribution in [1.82, 2.24) is 0 Å². The average molecular weight is 164 g/mol. The van der Waals surface area contributed by atoms with E-state index in [9.17, 15) is 13.6 Å². The van der Waals surface area contributed by atoms with E-state index in [0.29, 0.717) is 0 Å². The molecule has 1 aliphatic heterocycles. The molecule has 1 fully saturated rings. The van der Waals surface area contributed by atoms with Crippen molar-refractivity contribution in [2.45, 2.75) is 31.8 Å². The van der Waals surface area contributed by atoms with E-state index in [1.807, 2.05) is 0 Å². The van der Waals surface area contributed by atoms with Gasteiger partial charge in [-0.2, -0.15) is 0 Å². The summed E-state index contributed by atoms with van der Waals surface area (Å²) in [5.41, 5.74) is -1.26. The number of carbonyl (C=O) groups is 1. The van der Waals surface area contributed by atoms with Crippen LogP contribution in [0.15, 0.2) is 0 Å². The number of Topliss-reactive ketones (excluding diaryl/α,β-unsaturated/α-hetero) is 1. The van der Waals surface area contributed by atoms with Gasteiger partial charge in [-0.1, -0.05) is 0 Å². The molecule has 0 amide bonds. The molecular formula is C7H10F2O2. The van der Waals surface area contributed by atoms with Crippen LogP contribution in [0.1, 0.15) is 20.3 Å². The zero-order chi connectivity index (χ0) is 8.70. The van der Waals surface area contributed by atoms with Gasteiger partial charge in [-0.15, -0.1) is 0 Å². The van der Waals surface area contributed by atoms with E-state index in [-0.39, 0.29) is 5.78 Å². The summed E-state index contributed by atoms with van der Waals surface area (Å²) in [5.74, 6) is -3.17. The van der Waals surface area contributed by atoms with Crippen LogP contribution in [0.25, 0.3) is 0 Å². The molecule has 0 bridgehead atoms. The molecule has 0 aliphatic carbocycles. The molecule has 4 heteroatoms. The van der Waals surface area contributed by atoms with Gasteiger partial charge in [0, 0.05) is 6.42 Å². The maximum absolute atomic E-state index is 12.5. The second-order valence-electron chi connectivity index (χ2n) is 3.11. The molecule has 0 radical (unpaired) electrons. The monoisotopic (exact) mass is 164 g/mol. The van der Waals surface area contributed by atoms with Crippen LogP contribution in [0.3, 0.4) is 0 Å².